The summed E-state index contributed by atoms with van der Waals surface area (Å²) in [7, 11) is 0. The summed E-state index contributed by atoms with van der Waals surface area (Å²) in [5.41, 5.74) is 9.23. The Hall–Kier alpha value is -2.49. The van der Waals surface area contributed by atoms with Crippen LogP contribution in [0.4, 0.5) is 11.4 Å². The molecule has 0 aliphatic carbocycles. The molecule has 2 rings (SSSR count). The van der Waals surface area contributed by atoms with Crippen molar-refractivity contribution < 1.29 is 9.53 Å². The number of hydrogen-bond donors (Lipinski definition) is 2. The highest BCUT2D eigenvalue weighted by Gasteiger charge is 2.07. The molecule has 0 spiro atoms. The zero-order valence-corrected chi connectivity index (χ0v) is 13.2. The van der Waals surface area contributed by atoms with E-state index in [1.807, 2.05) is 31.2 Å². The van der Waals surface area contributed by atoms with Gasteiger partial charge in [-0.2, -0.15) is 0 Å². The predicted molar refractivity (Wildman–Crippen MR) is 90.2 cm³/mol. The summed E-state index contributed by atoms with van der Waals surface area (Å²) in [4.78, 5) is 12.0. The Morgan fingerprint density at radius 3 is 2.68 bits per heavy atom. The number of carbonyl (C=O) groups is 1. The summed E-state index contributed by atoms with van der Waals surface area (Å²) in [5.74, 6) is 0.938. The third kappa shape index (κ3) is 4.25. The van der Waals surface area contributed by atoms with E-state index in [4.69, 9.17) is 10.5 Å². The molecule has 1 amide bonds. The summed E-state index contributed by atoms with van der Waals surface area (Å²) >= 11 is 0. The number of nitrogen functional groups attached to an aromatic ring is 1. The highest BCUT2D eigenvalue weighted by atomic mass is 16.5. The third-order valence-electron chi connectivity index (χ3n) is 3.42. The predicted octanol–water partition coefficient (Wildman–Crippen LogP) is 3.72. The largest absolute Gasteiger partial charge is 0.484 e. The molecular weight excluding hydrogens is 276 g/mol. The quantitative estimate of drug-likeness (QED) is 0.827. The van der Waals surface area contributed by atoms with Crippen LogP contribution in [0.3, 0.4) is 0 Å². The maximum Gasteiger partial charge on any atom is 0.262 e. The van der Waals surface area contributed by atoms with Gasteiger partial charge < -0.3 is 15.8 Å². The van der Waals surface area contributed by atoms with E-state index in [0.717, 1.165) is 11.3 Å². The molecule has 0 fully saturated rings. The van der Waals surface area contributed by atoms with Crippen LogP contribution in [0.25, 0.3) is 0 Å². The Labute approximate surface area is 131 Å². The van der Waals surface area contributed by atoms with Crippen molar-refractivity contribution in [3.63, 3.8) is 0 Å². The number of rotatable bonds is 5. The number of nitrogens with one attached hydrogen (secondary N) is 1. The van der Waals surface area contributed by atoms with Gasteiger partial charge >= 0.3 is 0 Å². The van der Waals surface area contributed by atoms with Gasteiger partial charge in [-0.25, -0.2) is 0 Å². The van der Waals surface area contributed by atoms with Gasteiger partial charge in [-0.05, 0) is 54.3 Å². The monoisotopic (exact) mass is 298 g/mol. The lowest BCUT2D eigenvalue weighted by Crippen LogP contribution is -2.20. The maximum atomic E-state index is 12.0. The van der Waals surface area contributed by atoms with Crippen molar-refractivity contribution in [2.24, 2.45) is 0 Å². The van der Waals surface area contributed by atoms with E-state index < -0.39 is 0 Å². The highest BCUT2D eigenvalue weighted by Crippen LogP contribution is 2.20. The van der Waals surface area contributed by atoms with Crippen LogP contribution in [-0.2, 0) is 4.79 Å². The number of amides is 1. The Kier molecular flexibility index (Phi) is 5.04. The lowest BCUT2D eigenvalue weighted by atomic mass is 10.0. The second kappa shape index (κ2) is 6.98. The molecule has 0 aromatic heterocycles. The Balaban J connectivity index is 1.94. The smallest absolute Gasteiger partial charge is 0.262 e. The number of carbonyl (C=O) groups excluding carboxylic acids is 1. The standard InChI is InChI=1S/C18H22N2O2/c1-12(2)14-5-4-6-16(10-14)22-11-18(21)20-17-8-7-15(19)9-13(17)3/h4-10,12H,11,19H2,1-3H3,(H,20,21). The molecule has 2 aromatic rings. The fourth-order valence-corrected chi connectivity index (χ4v) is 2.13. The van der Waals surface area contributed by atoms with Crippen molar-refractivity contribution in [3.05, 3.63) is 53.6 Å². The lowest BCUT2D eigenvalue weighted by Gasteiger charge is -2.11. The van der Waals surface area contributed by atoms with Gasteiger partial charge in [0.25, 0.3) is 5.91 Å². The molecule has 2 aromatic carbocycles. The molecule has 3 N–H and O–H groups in total. The molecule has 4 heteroatoms. The molecule has 0 radical (unpaired) electrons. The van der Waals surface area contributed by atoms with Crippen molar-refractivity contribution in [2.75, 3.05) is 17.7 Å². The fraction of sp³-hybridized carbons (Fsp3) is 0.278. The summed E-state index contributed by atoms with van der Waals surface area (Å²) in [5, 5.41) is 2.83. The van der Waals surface area contributed by atoms with Gasteiger partial charge in [0.15, 0.2) is 6.61 Å². The molecule has 0 saturated heterocycles. The van der Waals surface area contributed by atoms with Gasteiger partial charge in [0.1, 0.15) is 5.75 Å². The molecule has 116 valence electrons. The molecule has 22 heavy (non-hydrogen) atoms. The van der Waals surface area contributed by atoms with Crippen molar-refractivity contribution in [3.8, 4) is 5.75 Å². The first-order valence-electron chi connectivity index (χ1n) is 7.34. The minimum Gasteiger partial charge on any atom is -0.484 e. The van der Waals surface area contributed by atoms with Crippen LogP contribution in [0.5, 0.6) is 5.75 Å². The SMILES string of the molecule is Cc1cc(N)ccc1NC(=O)COc1cccc(C(C)C)c1. The number of benzene rings is 2. The van der Waals surface area contributed by atoms with E-state index >= 15 is 0 Å². The lowest BCUT2D eigenvalue weighted by molar-refractivity contribution is -0.118. The zero-order valence-electron chi connectivity index (χ0n) is 13.2. The first-order valence-corrected chi connectivity index (χ1v) is 7.34. The molecule has 4 nitrogen and oxygen atoms in total. The minimum atomic E-state index is -0.192. The molecule has 0 atom stereocenters. The van der Waals surface area contributed by atoms with Crippen LogP contribution in [-0.4, -0.2) is 12.5 Å². The van der Waals surface area contributed by atoms with E-state index in [-0.39, 0.29) is 12.5 Å². The van der Waals surface area contributed by atoms with E-state index in [1.54, 1.807) is 12.1 Å². The summed E-state index contributed by atoms with van der Waals surface area (Å²) in [6.07, 6.45) is 0. The maximum absolute atomic E-state index is 12.0. The number of anilines is 2. The highest BCUT2D eigenvalue weighted by molar-refractivity contribution is 5.92. The molecule has 0 unspecified atom stereocenters. The molecule has 0 saturated carbocycles. The van der Waals surface area contributed by atoms with E-state index in [0.29, 0.717) is 17.4 Å². The van der Waals surface area contributed by atoms with Crippen molar-refractivity contribution in [1.29, 1.82) is 0 Å². The zero-order chi connectivity index (χ0) is 16.1. The average molecular weight is 298 g/mol. The van der Waals surface area contributed by atoms with Gasteiger partial charge in [0.2, 0.25) is 0 Å². The summed E-state index contributed by atoms with van der Waals surface area (Å²) < 4.78 is 5.56. The molecule has 0 aliphatic heterocycles. The van der Waals surface area contributed by atoms with Crippen molar-refractivity contribution in [1.82, 2.24) is 0 Å². The van der Waals surface area contributed by atoms with E-state index in [9.17, 15) is 4.79 Å². The Morgan fingerprint density at radius 1 is 1.23 bits per heavy atom. The summed E-state index contributed by atoms with van der Waals surface area (Å²) in [6.45, 7) is 6.12. The van der Waals surface area contributed by atoms with Crippen molar-refractivity contribution in [2.45, 2.75) is 26.7 Å². The second-order valence-electron chi connectivity index (χ2n) is 5.64. The van der Waals surface area contributed by atoms with Gasteiger partial charge in [0, 0.05) is 11.4 Å². The number of nitrogens with two attached hydrogens (primary N) is 1. The normalized spacial score (nSPS) is 10.5. The topological polar surface area (TPSA) is 64.3 Å². The second-order valence-corrected chi connectivity index (χ2v) is 5.64. The van der Waals surface area contributed by atoms with Crippen molar-refractivity contribution >= 4 is 17.3 Å². The number of aryl methyl sites for hydroxylation is 1. The van der Waals surface area contributed by atoms with Crippen LogP contribution in [0.15, 0.2) is 42.5 Å². The van der Waals surface area contributed by atoms with Crippen LogP contribution >= 0.6 is 0 Å². The third-order valence-corrected chi connectivity index (χ3v) is 3.42. The number of ether oxygens (including phenoxy) is 1. The summed E-state index contributed by atoms with van der Waals surface area (Å²) in [6, 6.07) is 13.2. The molecule has 0 aliphatic rings. The first-order chi connectivity index (χ1) is 10.5. The molecular formula is C18H22N2O2. The fourth-order valence-electron chi connectivity index (χ4n) is 2.13. The van der Waals surface area contributed by atoms with E-state index in [2.05, 4.69) is 25.2 Å². The number of hydrogen-bond acceptors (Lipinski definition) is 3. The molecule has 0 heterocycles. The first kappa shape index (κ1) is 15.9. The van der Waals surface area contributed by atoms with Crippen LogP contribution < -0.4 is 15.8 Å². The van der Waals surface area contributed by atoms with Gasteiger partial charge in [-0.1, -0.05) is 26.0 Å². The van der Waals surface area contributed by atoms with Crippen LogP contribution in [0.1, 0.15) is 30.9 Å². The van der Waals surface area contributed by atoms with Gasteiger partial charge in [-0.3, -0.25) is 4.79 Å². The van der Waals surface area contributed by atoms with Gasteiger partial charge in [0.05, 0.1) is 0 Å². The van der Waals surface area contributed by atoms with E-state index in [1.165, 1.54) is 5.56 Å². The van der Waals surface area contributed by atoms with Crippen LogP contribution in [0.2, 0.25) is 0 Å². The van der Waals surface area contributed by atoms with Crippen LogP contribution in [0, 0.1) is 6.92 Å². The average Bonchev–Trinajstić information content (AvgIpc) is 2.48. The minimum absolute atomic E-state index is 0.0225. The Bertz CT molecular complexity index is 666. The Morgan fingerprint density at radius 2 is 2.00 bits per heavy atom. The molecule has 0 bridgehead atoms. The van der Waals surface area contributed by atoms with Gasteiger partial charge in [-0.15, -0.1) is 0 Å².